The summed E-state index contributed by atoms with van der Waals surface area (Å²) in [6, 6.07) is 15.2. The minimum atomic E-state index is 0.194. The predicted molar refractivity (Wildman–Crippen MR) is 74.6 cm³/mol. The van der Waals surface area contributed by atoms with E-state index in [1.807, 2.05) is 42.5 Å². The first-order chi connectivity index (χ1) is 9.36. The van der Waals surface area contributed by atoms with Crippen LogP contribution in [0.25, 0.3) is 22.4 Å². The van der Waals surface area contributed by atoms with Gasteiger partial charge >= 0.3 is 0 Å². The lowest BCUT2D eigenvalue weighted by Gasteiger charge is -2.09. The molecule has 0 unspecified atom stereocenters. The van der Waals surface area contributed by atoms with Crippen molar-refractivity contribution in [3.63, 3.8) is 0 Å². The molecule has 19 heavy (non-hydrogen) atoms. The van der Waals surface area contributed by atoms with Gasteiger partial charge in [-0.1, -0.05) is 30.3 Å². The largest absolute Gasteiger partial charge is 0.505 e. The smallest absolute Gasteiger partial charge is 0.149 e. The van der Waals surface area contributed by atoms with Crippen LogP contribution in [0.3, 0.4) is 0 Å². The molecule has 0 amide bonds. The van der Waals surface area contributed by atoms with Gasteiger partial charge in [0.05, 0.1) is 0 Å². The molecule has 3 aromatic rings. The number of aromatic nitrogens is 2. The third-order valence-corrected chi connectivity index (χ3v) is 2.96. The highest BCUT2D eigenvalue weighted by Crippen LogP contribution is 2.35. The van der Waals surface area contributed by atoms with E-state index in [0.29, 0.717) is 5.69 Å². The van der Waals surface area contributed by atoms with E-state index in [4.69, 9.17) is 0 Å². The molecule has 0 fully saturated rings. The molecule has 1 N–H and O–H groups in total. The zero-order chi connectivity index (χ0) is 13.1. The third kappa shape index (κ3) is 2.18. The van der Waals surface area contributed by atoms with Gasteiger partial charge in [0, 0.05) is 29.7 Å². The van der Waals surface area contributed by atoms with Crippen LogP contribution in [0.15, 0.2) is 67.1 Å². The molecule has 0 bridgehead atoms. The summed E-state index contributed by atoms with van der Waals surface area (Å²) < 4.78 is 0. The van der Waals surface area contributed by atoms with Gasteiger partial charge in [0.2, 0.25) is 0 Å². The van der Waals surface area contributed by atoms with Crippen molar-refractivity contribution >= 4 is 0 Å². The Kier molecular flexibility index (Phi) is 2.94. The Morgan fingerprint density at radius 2 is 1.47 bits per heavy atom. The molecule has 0 aliphatic heterocycles. The molecule has 3 rings (SSSR count). The first kappa shape index (κ1) is 11.4. The molecule has 0 spiro atoms. The summed E-state index contributed by atoms with van der Waals surface area (Å²) in [4.78, 5) is 8.25. The topological polar surface area (TPSA) is 46.0 Å². The van der Waals surface area contributed by atoms with E-state index in [-0.39, 0.29) is 5.75 Å². The van der Waals surface area contributed by atoms with Crippen molar-refractivity contribution in [1.29, 1.82) is 0 Å². The molecule has 0 atom stereocenters. The van der Waals surface area contributed by atoms with Gasteiger partial charge in [-0.15, -0.1) is 0 Å². The second kappa shape index (κ2) is 4.90. The monoisotopic (exact) mass is 248 g/mol. The highest BCUT2D eigenvalue weighted by atomic mass is 16.3. The molecule has 0 saturated heterocycles. The van der Waals surface area contributed by atoms with Crippen LogP contribution in [0, 0.1) is 0 Å². The Balaban J connectivity index is 2.15. The van der Waals surface area contributed by atoms with E-state index >= 15 is 0 Å². The molecular formula is C16H12N2O. The van der Waals surface area contributed by atoms with E-state index in [0.717, 1.165) is 16.7 Å². The number of nitrogens with zero attached hydrogens (tertiary/aromatic N) is 2. The molecule has 0 aliphatic carbocycles. The minimum Gasteiger partial charge on any atom is -0.505 e. The van der Waals surface area contributed by atoms with Crippen molar-refractivity contribution in [2.45, 2.75) is 0 Å². The van der Waals surface area contributed by atoms with Gasteiger partial charge < -0.3 is 5.11 Å². The average Bonchev–Trinajstić information content (AvgIpc) is 2.49. The Bertz CT molecular complexity index is 624. The predicted octanol–water partition coefficient (Wildman–Crippen LogP) is 3.52. The van der Waals surface area contributed by atoms with Gasteiger partial charge in [0.25, 0.3) is 0 Å². The summed E-state index contributed by atoms with van der Waals surface area (Å²) in [6.07, 6.45) is 5.12. The molecule has 1 aromatic carbocycles. The van der Waals surface area contributed by atoms with Crippen molar-refractivity contribution in [2.75, 3.05) is 0 Å². The fourth-order valence-electron chi connectivity index (χ4n) is 2.03. The summed E-state index contributed by atoms with van der Waals surface area (Å²) in [5.41, 5.74) is 3.18. The van der Waals surface area contributed by atoms with Crippen molar-refractivity contribution in [1.82, 2.24) is 9.97 Å². The van der Waals surface area contributed by atoms with Crippen LogP contribution >= 0.6 is 0 Å². The molecule has 0 aliphatic rings. The van der Waals surface area contributed by atoms with Crippen molar-refractivity contribution in [3.05, 3.63) is 67.1 Å². The van der Waals surface area contributed by atoms with E-state index in [1.54, 1.807) is 24.7 Å². The maximum Gasteiger partial charge on any atom is 0.149 e. The van der Waals surface area contributed by atoms with Crippen LogP contribution < -0.4 is 0 Å². The summed E-state index contributed by atoms with van der Waals surface area (Å²) in [5, 5.41) is 10.4. The highest BCUT2D eigenvalue weighted by Gasteiger charge is 2.11. The van der Waals surface area contributed by atoms with Gasteiger partial charge in [-0.05, 0) is 23.8 Å². The van der Waals surface area contributed by atoms with Gasteiger partial charge in [-0.3, -0.25) is 9.97 Å². The Morgan fingerprint density at radius 1 is 0.737 bits per heavy atom. The minimum absolute atomic E-state index is 0.194. The summed E-state index contributed by atoms with van der Waals surface area (Å²) in [7, 11) is 0. The Morgan fingerprint density at radius 3 is 2.21 bits per heavy atom. The summed E-state index contributed by atoms with van der Waals surface area (Å²) >= 11 is 0. The number of aromatic hydroxyl groups is 1. The Hall–Kier alpha value is -2.68. The van der Waals surface area contributed by atoms with Crippen LogP contribution in [0.2, 0.25) is 0 Å². The van der Waals surface area contributed by atoms with Gasteiger partial charge in [-0.2, -0.15) is 0 Å². The maximum absolute atomic E-state index is 10.4. The van der Waals surface area contributed by atoms with E-state index < -0.39 is 0 Å². The average molecular weight is 248 g/mol. The van der Waals surface area contributed by atoms with E-state index in [2.05, 4.69) is 9.97 Å². The van der Waals surface area contributed by atoms with Gasteiger partial charge in [0.1, 0.15) is 11.4 Å². The normalized spacial score (nSPS) is 10.3. The quantitative estimate of drug-likeness (QED) is 0.754. The lowest BCUT2D eigenvalue weighted by molar-refractivity contribution is 0.477. The van der Waals surface area contributed by atoms with E-state index in [9.17, 15) is 5.11 Å². The van der Waals surface area contributed by atoms with Crippen LogP contribution in [-0.2, 0) is 0 Å². The molecule has 2 aromatic heterocycles. The van der Waals surface area contributed by atoms with Crippen LogP contribution in [0.5, 0.6) is 5.75 Å². The third-order valence-electron chi connectivity index (χ3n) is 2.96. The van der Waals surface area contributed by atoms with Crippen molar-refractivity contribution in [2.24, 2.45) is 0 Å². The molecule has 3 nitrogen and oxygen atoms in total. The molecule has 2 heterocycles. The fourth-order valence-corrected chi connectivity index (χ4v) is 2.03. The van der Waals surface area contributed by atoms with E-state index in [1.165, 1.54) is 0 Å². The summed E-state index contributed by atoms with van der Waals surface area (Å²) in [6.45, 7) is 0. The lowest BCUT2D eigenvalue weighted by Crippen LogP contribution is -1.87. The molecule has 3 heteroatoms. The second-order valence-electron chi connectivity index (χ2n) is 4.16. The first-order valence-electron chi connectivity index (χ1n) is 6.00. The number of pyridine rings is 2. The molecular weight excluding hydrogens is 236 g/mol. The van der Waals surface area contributed by atoms with Crippen LogP contribution in [0.4, 0.5) is 0 Å². The van der Waals surface area contributed by atoms with Gasteiger partial charge in [-0.25, -0.2) is 0 Å². The highest BCUT2D eigenvalue weighted by molar-refractivity contribution is 5.79. The summed E-state index contributed by atoms with van der Waals surface area (Å²) in [5.74, 6) is 0.194. The fraction of sp³-hybridized carbons (Fsp3) is 0. The number of hydrogen-bond donors (Lipinski definition) is 1. The number of benzene rings is 1. The standard InChI is InChI=1S/C16H12N2O/c19-16-14(12-6-9-17-10-7-12)8-11-18-15(16)13-4-2-1-3-5-13/h1-11,19H. The van der Waals surface area contributed by atoms with Gasteiger partial charge in [0.15, 0.2) is 0 Å². The number of rotatable bonds is 2. The SMILES string of the molecule is Oc1c(-c2ccncc2)ccnc1-c1ccccc1. The zero-order valence-electron chi connectivity index (χ0n) is 10.2. The second-order valence-corrected chi connectivity index (χ2v) is 4.16. The van der Waals surface area contributed by atoms with Crippen LogP contribution in [-0.4, -0.2) is 15.1 Å². The Labute approximate surface area is 111 Å². The molecule has 0 saturated carbocycles. The molecule has 92 valence electrons. The number of hydrogen-bond acceptors (Lipinski definition) is 3. The first-order valence-corrected chi connectivity index (χ1v) is 6.00. The lowest BCUT2D eigenvalue weighted by atomic mass is 10.0. The maximum atomic E-state index is 10.4. The van der Waals surface area contributed by atoms with Crippen molar-refractivity contribution in [3.8, 4) is 28.1 Å². The van der Waals surface area contributed by atoms with Crippen LogP contribution in [0.1, 0.15) is 0 Å². The van der Waals surface area contributed by atoms with Crippen molar-refractivity contribution < 1.29 is 5.11 Å². The zero-order valence-corrected chi connectivity index (χ0v) is 10.2. The molecule has 0 radical (unpaired) electrons.